The van der Waals surface area contributed by atoms with Crippen molar-refractivity contribution in [3.63, 3.8) is 0 Å². The van der Waals surface area contributed by atoms with E-state index >= 15 is 0 Å². The Morgan fingerprint density at radius 1 is 1.43 bits per heavy atom. The van der Waals surface area contributed by atoms with E-state index in [2.05, 4.69) is 34.7 Å². The standard InChI is InChI=1S/C18H19ClN2OS/c1-2-4-14-16(11-6-7-11)17-18(22-14)13(9-15(19)21-17)20-10-12-5-3-8-23-12/h3,5,8-9,11H,2,4,6-7,10H2,1H3,(H,20,21). The molecule has 3 aromatic heterocycles. The molecule has 3 nitrogen and oxygen atoms in total. The Labute approximate surface area is 144 Å². The van der Waals surface area contributed by atoms with E-state index in [0.29, 0.717) is 11.1 Å². The largest absolute Gasteiger partial charge is 0.457 e. The van der Waals surface area contributed by atoms with Crippen LogP contribution in [0.15, 0.2) is 28.0 Å². The van der Waals surface area contributed by atoms with E-state index in [1.54, 1.807) is 11.3 Å². The lowest BCUT2D eigenvalue weighted by atomic mass is 10.1. The number of rotatable bonds is 6. The summed E-state index contributed by atoms with van der Waals surface area (Å²) in [5.41, 5.74) is 4.05. The molecule has 3 heterocycles. The smallest absolute Gasteiger partial charge is 0.176 e. The Kier molecular flexibility index (Phi) is 4.04. The van der Waals surface area contributed by atoms with Crippen molar-refractivity contribution in [2.45, 2.75) is 45.1 Å². The van der Waals surface area contributed by atoms with Gasteiger partial charge in [-0.05, 0) is 36.6 Å². The molecule has 5 heteroatoms. The Balaban J connectivity index is 1.76. The van der Waals surface area contributed by atoms with Crippen molar-refractivity contribution in [1.82, 2.24) is 4.98 Å². The Hall–Kier alpha value is -1.52. The average Bonchev–Trinajstić information content (AvgIpc) is 3.09. The van der Waals surface area contributed by atoms with Crippen LogP contribution in [0.25, 0.3) is 11.1 Å². The number of aryl methyl sites for hydroxylation is 1. The summed E-state index contributed by atoms with van der Waals surface area (Å²) in [4.78, 5) is 5.87. The maximum absolute atomic E-state index is 6.28. The molecule has 0 aromatic carbocycles. The summed E-state index contributed by atoms with van der Waals surface area (Å²) in [6.45, 7) is 2.95. The maximum Gasteiger partial charge on any atom is 0.176 e. The van der Waals surface area contributed by atoms with Gasteiger partial charge in [-0.15, -0.1) is 11.3 Å². The molecule has 23 heavy (non-hydrogen) atoms. The van der Waals surface area contributed by atoms with E-state index < -0.39 is 0 Å². The van der Waals surface area contributed by atoms with Gasteiger partial charge < -0.3 is 9.73 Å². The van der Waals surface area contributed by atoms with Gasteiger partial charge in [0, 0.05) is 29.5 Å². The number of fused-ring (bicyclic) bond motifs is 1. The van der Waals surface area contributed by atoms with Crippen LogP contribution >= 0.6 is 22.9 Å². The Morgan fingerprint density at radius 2 is 2.30 bits per heavy atom. The third-order valence-electron chi connectivity index (χ3n) is 4.22. The summed E-state index contributed by atoms with van der Waals surface area (Å²) in [7, 11) is 0. The predicted octanol–water partition coefficient (Wildman–Crippen LogP) is 5.98. The van der Waals surface area contributed by atoms with Gasteiger partial charge in [0.1, 0.15) is 16.4 Å². The molecule has 0 spiro atoms. The molecule has 0 aliphatic heterocycles. The number of hydrogen-bond acceptors (Lipinski definition) is 4. The van der Waals surface area contributed by atoms with E-state index in [1.165, 1.54) is 23.3 Å². The van der Waals surface area contributed by atoms with Gasteiger partial charge in [-0.25, -0.2) is 4.98 Å². The lowest BCUT2D eigenvalue weighted by Gasteiger charge is -2.06. The summed E-state index contributed by atoms with van der Waals surface area (Å²) in [5, 5.41) is 6.08. The molecule has 0 radical (unpaired) electrons. The van der Waals surface area contributed by atoms with Crippen LogP contribution in [0.4, 0.5) is 5.69 Å². The Bertz CT molecular complexity index is 821. The second kappa shape index (κ2) is 6.17. The number of pyridine rings is 1. The van der Waals surface area contributed by atoms with Crippen LogP contribution in [0.2, 0.25) is 5.15 Å². The first-order valence-corrected chi connectivity index (χ1v) is 9.40. The second-order valence-electron chi connectivity index (χ2n) is 6.07. The third kappa shape index (κ3) is 2.98. The normalized spacial score (nSPS) is 14.5. The highest BCUT2D eigenvalue weighted by atomic mass is 35.5. The van der Waals surface area contributed by atoms with Crippen LogP contribution in [0.3, 0.4) is 0 Å². The van der Waals surface area contributed by atoms with Gasteiger partial charge in [-0.1, -0.05) is 24.6 Å². The van der Waals surface area contributed by atoms with Gasteiger partial charge in [-0.3, -0.25) is 0 Å². The predicted molar refractivity (Wildman–Crippen MR) is 96.6 cm³/mol. The van der Waals surface area contributed by atoms with Gasteiger partial charge in [0.05, 0.1) is 5.69 Å². The first kappa shape index (κ1) is 15.0. The van der Waals surface area contributed by atoms with E-state index in [9.17, 15) is 0 Å². The number of furan rings is 1. The van der Waals surface area contributed by atoms with Crippen molar-refractivity contribution < 1.29 is 4.42 Å². The summed E-state index contributed by atoms with van der Waals surface area (Å²) < 4.78 is 6.22. The van der Waals surface area contributed by atoms with Crippen LogP contribution in [0, 0.1) is 0 Å². The van der Waals surface area contributed by atoms with Crippen LogP contribution < -0.4 is 5.32 Å². The van der Waals surface area contributed by atoms with Crippen molar-refractivity contribution in [3.05, 3.63) is 44.9 Å². The second-order valence-corrected chi connectivity index (χ2v) is 7.49. The number of aromatic nitrogens is 1. The zero-order chi connectivity index (χ0) is 15.8. The molecule has 1 N–H and O–H groups in total. The fourth-order valence-electron chi connectivity index (χ4n) is 3.03. The summed E-state index contributed by atoms with van der Waals surface area (Å²) in [6.07, 6.45) is 4.50. The van der Waals surface area contributed by atoms with Crippen LogP contribution in [0.1, 0.15) is 48.3 Å². The van der Waals surface area contributed by atoms with Gasteiger partial charge in [0.25, 0.3) is 0 Å². The summed E-state index contributed by atoms with van der Waals surface area (Å²) in [5.74, 6) is 1.70. The maximum atomic E-state index is 6.28. The molecule has 1 saturated carbocycles. The van der Waals surface area contributed by atoms with E-state index in [4.69, 9.17) is 16.0 Å². The van der Waals surface area contributed by atoms with Crippen molar-refractivity contribution in [2.75, 3.05) is 5.32 Å². The zero-order valence-corrected chi connectivity index (χ0v) is 14.6. The minimum Gasteiger partial charge on any atom is -0.457 e. The summed E-state index contributed by atoms with van der Waals surface area (Å²) >= 11 is 8.02. The molecular formula is C18H19ClN2OS. The number of hydrogen-bond donors (Lipinski definition) is 1. The van der Waals surface area contributed by atoms with Crippen LogP contribution in [-0.4, -0.2) is 4.98 Å². The van der Waals surface area contributed by atoms with Crippen LogP contribution in [0.5, 0.6) is 0 Å². The number of halogens is 1. The van der Waals surface area contributed by atoms with Crippen LogP contribution in [-0.2, 0) is 13.0 Å². The van der Waals surface area contributed by atoms with Gasteiger partial charge in [-0.2, -0.15) is 0 Å². The molecular weight excluding hydrogens is 328 g/mol. The van der Waals surface area contributed by atoms with Crippen molar-refractivity contribution in [2.24, 2.45) is 0 Å². The first-order chi connectivity index (χ1) is 11.3. The van der Waals surface area contributed by atoms with Gasteiger partial charge in [0.2, 0.25) is 0 Å². The Morgan fingerprint density at radius 3 is 3.00 bits per heavy atom. The lowest BCUT2D eigenvalue weighted by Crippen LogP contribution is -1.98. The van der Waals surface area contributed by atoms with Gasteiger partial charge >= 0.3 is 0 Å². The zero-order valence-electron chi connectivity index (χ0n) is 13.1. The monoisotopic (exact) mass is 346 g/mol. The van der Waals surface area contributed by atoms with Crippen molar-refractivity contribution in [1.29, 1.82) is 0 Å². The SMILES string of the molecule is CCCc1oc2c(NCc3cccs3)cc(Cl)nc2c1C1CC1. The lowest BCUT2D eigenvalue weighted by molar-refractivity contribution is 0.538. The number of nitrogens with zero attached hydrogens (tertiary/aromatic N) is 1. The third-order valence-corrected chi connectivity index (χ3v) is 5.29. The molecule has 3 aromatic rings. The average molecular weight is 347 g/mol. The first-order valence-electron chi connectivity index (χ1n) is 8.14. The minimum absolute atomic E-state index is 0.525. The van der Waals surface area contributed by atoms with E-state index in [1.807, 2.05) is 6.07 Å². The number of anilines is 1. The molecule has 0 unspecified atom stereocenters. The highest BCUT2D eigenvalue weighted by molar-refractivity contribution is 7.09. The quantitative estimate of drug-likeness (QED) is 0.557. The van der Waals surface area contributed by atoms with Gasteiger partial charge in [0.15, 0.2) is 5.58 Å². The van der Waals surface area contributed by atoms with E-state index in [-0.39, 0.29) is 0 Å². The molecule has 0 amide bonds. The molecule has 0 atom stereocenters. The highest BCUT2D eigenvalue weighted by Crippen LogP contribution is 2.47. The molecule has 0 saturated heterocycles. The highest BCUT2D eigenvalue weighted by Gasteiger charge is 2.32. The van der Waals surface area contributed by atoms with E-state index in [0.717, 1.165) is 41.9 Å². The van der Waals surface area contributed by atoms with Crippen molar-refractivity contribution >= 4 is 39.7 Å². The fourth-order valence-corrected chi connectivity index (χ4v) is 3.87. The molecule has 4 rings (SSSR count). The molecule has 1 aliphatic rings. The molecule has 1 fully saturated rings. The minimum atomic E-state index is 0.525. The molecule has 120 valence electrons. The molecule has 1 aliphatic carbocycles. The fraction of sp³-hybridized carbons (Fsp3) is 0.389. The number of nitrogens with one attached hydrogen (secondary N) is 1. The molecule has 0 bridgehead atoms. The number of thiophene rings is 1. The van der Waals surface area contributed by atoms with Crippen molar-refractivity contribution in [3.8, 4) is 0 Å². The topological polar surface area (TPSA) is 38.1 Å². The summed E-state index contributed by atoms with van der Waals surface area (Å²) in [6, 6.07) is 6.06.